The number of carbonyl (C=O) groups excluding carboxylic acids is 3. The van der Waals surface area contributed by atoms with Gasteiger partial charge in [-0.25, -0.2) is 0 Å². The van der Waals surface area contributed by atoms with Crippen LogP contribution in [0.15, 0.2) is 42.5 Å². The first-order valence-corrected chi connectivity index (χ1v) is 8.36. The molecule has 0 spiro atoms. The monoisotopic (exact) mass is 353 g/mol. The van der Waals surface area contributed by atoms with Gasteiger partial charge in [0.2, 0.25) is 5.91 Å². The predicted molar refractivity (Wildman–Crippen MR) is 96.1 cm³/mol. The number of hydrogen-bond acceptors (Lipinski definition) is 5. The highest BCUT2D eigenvalue weighted by atomic mass is 16.6. The third-order valence-electron chi connectivity index (χ3n) is 4.02. The number of nitrogens with one attached hydrogen (secondary N) is 1. The van der Waals surface area contributed by atoms with E-state index in [0.717, 1.165) is 0 Å². The Morgan fingerprint density at radius 1 is 0.885 bits per heavy atom. The number of ether oxygens (including phenoxy) is 2. The minimum Gasteiger partial charge on any atom is -0.486 e. The molecule has 1 heterocycles. The summed E-state index contributed by atoms with van der Waals surface area (Å²) < 4.78 is 10.9. The largest absolute Gasteiger partial charge is 0.486 e. The van der Waals surface area contributed by atoms with Crippen LogP contribution in [0.4, 0.5) is 5.69 Å². The Labute approximate surface area is 151 Å². The number of hydrogen-bond donors (Lipinski definition) is 1. The van der Waals surface area contributed by atoms with E-state index in [1.807, 2.05) is 0 Å². The maximum atomic E-state index is 12.3. The molecule has 0 radical (unpaired) electrons. The van der Waals surface area contributed by atoms with Gasteiger partial charge in [-0.3, -0.25) is 14.4 Å². The van der Waals surface area contributed by atoms with Gasteiger partial charge in [0.15, 0.2) is 23.1 Å². The summed E-state index contributed by atoms with van der Waals surface area (Å²) in [7, 11) is 0. The van der Waals surface area contributed by atoms with E-state index in [-0.39, 0.29) is 30.3 Å². The van der Waals surface area contributed by atoms with E-state index >= 15 is 0 Å². The van der Waals surface area contributed by atoms with Crippen molar-refractivity contribution in [3.05, 3.63) is 53.6 Å². The highest BCUT2D eigenvalue weighted by Gasteiger charge is 2.16. The van der Waals surface area contributed by atoms with Crippen molar-refractivity contribution in [3.63, 3.8) is 0 Å². The average molecular weight is 353 g/mol. The van der Waals surface area contributed by atoms with Gasteiger partial charge in [0.1, 0.15) is 13.2 Å². The molecule has 0 aromatic heterocycles. The number of carbonyl (C=O) groups is 3. The third-order valence-corrected chi connectivity index (χ3v) is 4.02. The molecule has 0 saturated carbocycles. The Morgan fingerprint density at radius 2 is 1.54 bits per heavy atom. The van der Waals surface area contributed by atoms with Gasteiger partial charge in [-0.2, -0.15) is 0 Å². The first-order valence-electron chi connectivity index (χ1n) is 8.36. The summed E-state index contributed by atoms with van der Waals surface area (Å²) >= 11 is 0. The molecule has 6 heteroatoms. The standard InChI is InChI=1S/C20H19NO5/c1-13(22)14-2-5-16(6-3-14)21-20(24)9-7-17(23)15-4-8-18-19(12-15)26-11-10-25-18/h2-6,8,12H,7,9-11H2,1H3,(H,21,24). The molecule has 1 aliphatic rings. The van der Waals surface area contributed by atoms with Crippen molar-refractivity contribution in [1.82, 2.24) is 0 Å². The zero-order valence-electron chi connectivity index (χ0n) is 14.4. The molecule has 134 valence electrons. The normalized spacial score (nSPS) is 12.3. The third kappa shape index (κ3) is 4.27. The van der Waals surface area contributed by atoms with E-state index in [1.165, 1.54) is 6.92 Å². The van der Waals surface area contributed by atoms with Crippen molar-refractivity contribution in [2.45, 2.75) is 19.8 Å². The zero-order chi connectivity index (χ0) is 18.5. The number of Topliss-reactive ketones (excluding diaryl/α,β-unsaturated/α-hetero) is 2. The highest BCUT2D eigenvalue weighted by Crippen LogP contribution is 2.31. The Balaban J connectivity index is 1.54. The number of benzene rings is 2. The lowest BCUT2D eigenvalue weighted by Gasteiger charge is -2.18. The molecular formula is C20H19NO5. The minimum atomic E-state index is -0.258. The molecule has 3 rings (SSSR count). The van der Waals surface area contributed by atoms with Crippen LogP contribution in [-0.2, 0) is 4.79 Å². The van der Waals surface area contributed by atoms with Gasteiger partial charge < -0.3 is 14.8 Å². The highest BCUT2D eigenvalue weighted by molar-refractivity contribution is 6.00. The summed E-state index contributed by atoms with van der Waals surface area (Å²) in [6, 6.07) is 11.7. The molecule has 0 aliphatic carbocycles. The molecule has 1 aliphatic heterocycles. The van der Waals surface area contributed by atoms with Gasteiger partial charge in [0.05, 0.1) is 0 Å². The van der Waals surface area contributed by atoms with Gasteiger partial charge in [-0.15, -0.1) is 0 Å². The van der Waals surface area contributed by atoms with Crippen LogP contribution >= 0.6 is 0 Å². The summed E-state index contributed by atoms with van der Waals surface area (Å²) in [6.07, 6.45) is 0.165. The number of amides is 1. The number of anilines is 1. The quantitative estimate of drug-likeness (QED) is 0.806. The maximum absolute atomic E-state index is 12.3. The van der Waals surface area contributed by atoms with Gasteiger partial charge in [0.25, 0.3) is 0 Å². The fourth-order valence-corrected chi connectivity index (χ4v) is 2.60. The van der Waals surface area contributed by atoms with Crippen molar-refractivity contribution < 1.29 is 23.9 Å². The average Bonchev–Trinajstić information content (AvgIpc) is 2.66. The molecule has 2 aromatic carbocycles. The van der Waals surface area contributed by atoms with Crippen LogP contribution in [0.5, 0.6) is 11.5 Å². The Morgan fingerprint density at radius 3 is 2.23 bits per heavy atom. The Bertz CT molecular complexity index is 842. The van der Waals surface area contributed by atoms with E-state index in [4.69, 9.17) is 9.47 Å². The van der Waals surface area contributed by atoms with Crippen molar-refractivity contribution in [1.29, 1.82) is 0 Å². The predicted octanol–water partition coefficient (Wildman–Crippen LogP) is 3.26. The van der Waals surface area contributed by atoms with Crippen LogP contribution < -0.4 is 14.8 Å². The molecule has 0 bridgehead atoms. The minimum absolute atomic E-state index is 0.0343. The first kappa shape index (κ1) is 17.7. The lowest BCUT2D eigenvalue weighted by atomic mass is 10.1. The number of ketones is 2. The molecule has 0 unspecified atom stereocenters. The van der Waals surface area contributed by atoms with Crippen molar-refractivity contribution in [3.8, 4) is 11.5 Å². The molecular weight excluding hydrogens is 334 g/mol. The van der Waals surface area contributed by atoms with Crippen molar-refractivity contribution >= 4 is 23.2 Å². The molecule has 0 atom stereocenters. The molecule has 0 fully saturated rings. The molecule has 26 heavy (non-hydrogen) atoms. The van der Waals surface area contributed by atoms with Crippen LogP contribution in [0.25, 0.3) is 0 Å². The Kier molecular flexibility index (Phi) is 5.31. The second kappa shape index (κ2) is 7.82. The first-order chi connectivity index (χ1) is 12.5. The SMILES string of the molecule is CC(=O)c1ccc(NC(=O)CCC(=O)c2ccc3c(c2)OCCO3)cc1. The summed E-state index contributed by atoms with van der Waals surface area (Å²) in [5.74, 6) is 0.750. The van der Waals surface area contributed by atoms with E-state index in [9.17, 15) is 14.4 Å². The van der Waals surface area contributed by atoms with Gasteiger partial charge in [0, 0.05) is 29.7 Å². The summed E-state index contributed by atoms with van der Waals surface area (Å²) in [6.45, 7) is 2.43. The maximum Gasteiger partial charge on any atom is 0.224 e. The van der Waals surface area contributed by atoms with Gasteiger partial charge in [-0.1, -0.05) is 0 Å². The topological polar surface area (TPSA) is 81.7 Å². The van der Waals surface area contributed by atoms with Crippen LogP contribution in [0.3, 0.4) is 0 Å². The summed E-state index contributed by atoms with van der Waals surface area (Å²) in [5, 5.41) is 2.72. The lowest BCUT2D eigenvalue weighted by Crippen LogP contribution is -2.16. The second-order valence-corrected chi connectivity index (χ2v) is 5.96. The number of fused-ring (bicyclic) bond motifs is 1. The smallest absolute Gasteiger partial charge is 0.224 e. The fourth-order valence-electron chi connectivity index (χ4n) is 2.60. The summed E-state index contributed by atoms with van der Waals surface area (Å²) in [5.41, 5.74) is 1.66. The van der Waals surface area contributed by atoms with E-state index in [1.54, 1.807) is 42.5 Å². The molecule has 0 saturated heterocycles. The molecule has 2 aromatic rings. The van der Waals surface area contributed by atoms with Crippen LogP contribution in [0.1, 0.15) is 40.5 Å². The molecule has 1 amide bonds. The van der Waals surface area contributed by atoms with E-state index in [2.05, 4.69) is 5.32 Å². The second-order valence-electron chi connectivity index (χ2n) is 5.96. The van der Waals surface area contributed by atoms with Gasteiger partial charge >= 0.3 is 0 Å². The van der Waals surface area contributed by atoms with E-state index < -0.39 is 0 Å². The fraction of sp³-hybridized carbons (Fsp3) is 0.250. The van der Waals surface area contributed by atoms with Crippen LogP contribution in [0.2, 0.25) is 0 Å². The van der Waals surface area contributed by atoms with Crippen molar-refractivity contribution in [2.75, 3.05) is 18.5 Å². The molecule has 6 nitrogen and oxygen atoms in total. The van der Waals surface area contributed by atoms with E-state index in [0.29, 0.717) is 41.5 Å². The molecule has 1 N–H and O–H groups in total. The summed E-state index contributed by atoms with van der Waals surface area (Å²) in [4.78, 5) is 35.6. The number of rotatable bonds is 6. The zero-order valence-corrected chi connectivity index (χ0v) is 14.4. The van der Waals surface area contributed by atoms with Gasteiger partial charge in [-0.05, 0) is 49.4 Å². The Hall–Kier alpha value is -3.15. The van der Waals surface area contributed by atoms with Crippen LogP contribution in [0, 0.1) is 0 Å². The van der Waals surface area contributed by atoms with Crippen LogP contribution in [-0.4, -0.2) is 30.7 Å². The van der Waals surface area contributed by atoms with Crippen molar-refractivity contribution in [2.24, 2.45) is 0 Å². The lowest BCUT2D eigenvalue weighted by molar-refractivity contribution is -0.116.